The third-order valence-corrected chi connectivity index (χ3v) is 3.36. The summed E-state index contributed by atoms with van der Waals surface area (Å²) in [6.45, 7) is 0. The number of carboxylic acids is 1. The number of para-hydroxylation sites is 2. The quantitative estimate of drug-likeness (QED) is 0.803. The molecule has 3 rings (SSSR count). The maximum Gasteiger partial charge on any atom is 0.343 e. The van der Waals surface area contributed by atoms with E-state index in [0.29, 0.717) is 16.9 Å². The molecule has 0 saturated carbocycles. The van der Waals surface area contributed by atoms with Gasteiger partial charge in [-0.15, -0.1) is 0 Å². The highest BCUT2D eigenvalue weighted by atomic mass is 16.5. The molecule has 1 N–H and O–H groups in total. The monoisotopic (exact) mass is 296 g/mol. The number of hydrogen-bond donors (Lipinski definition) is 1. The largest absolute Gasteiger partial charge is 0.496 e. The van der Waals surface area contributed by atoms with Crippen LogP contribution in [-0.4, -0.2) is 18.2 Å². The van der Waals surface area contributed by atoms with E-state index in [9.17, 15) is 14.7 Å². The van der Waals surface area contributed by atoms with Crippen molar-refractivity contribution in [2.75, 3.05) is 7.11 Å². The van der Waals surface area contributed by atoms with Crippen LogP contribution in [0.1, 0.15) is 10.4 Å². The summed E-state index contributed by atoms with van der Waals surface area (Å²) in [6, 6.07) is 13.3. The Labute approximate surface area is 125 Å². The van der Waals surface area contributed by atoms with E-state index < -0.39 is 17.0 Å². The molecule has 0 aliphatic carbocycles. The van der Waals surface area contributed by atoms with Crippen molar-refractivity contribution in [3.63, 3.8) is 0 Å². The number of carboxylic acid groups (broad SMARTS) is 1. The molecule has 5 heteroatoms. The molecular weight excluding hydrogens is 284 g/mol. The summed E-state index contributed by atoms with van der Waals surface area (Å²) in [5, 5.41) is 9.66. The molecule has 5 nitrogen and oxygen atoms in total. The molecule has 1 aromatic heterocycles. The average Bonchev–Trinajstić information content (AvgIpc) is 2.54. The van der Waals surface area contributed by atoms with E-state index in [-0.39, 0.29) is 11.1 Å². The molecule has 0 fully saturated rings. The highest BCUT2D eigenvalue weighted by molar-refractivity contribution is 5.98. The fourth-order valence-electron chi connectivity index (χ4n) is 2.36. The zero-order valence-corrected chi connectivity index (χ0v) is 11.7. The molecule has 3 aromatic rings. The Kier molecular flexibility index (Phi) is 3.39. The molecule has 0 aliphatic heterocycles. The van der Waals surface area contributed by atoms with Gasteiger partial charge in [-0.2, -0.15) is 0 Å². The molecule has 0 radical (unpaired) electrons. The number of aromatic carboxylic acids is 1. The molecule has 0 unspecified atom stereocenters. The summed E-state index contributed by atoms with van der Waals surface area (Å²) in [6.07, 6.45) is 0. The van der Waals surface area contributed by atoms with E-state index in [1.54, 1.807) is 48.5 Å². The first-order valence-electron chi connectivity index (χ1n) is 6.56. The van der Waals surface area contributed by atoms with Crippen molar-refractivity contribution in [3.05, 3.63) is 64.3 Å². The van der Waals surface area contributed by atoms with Crippen molar-refractivity contribution in [1.82, 2.24) is 0 Å². The molecular formula is C17H12O5. The van der Waals surface area contributed by atoms with E-state index in [1.165, 1.54) is 7.11 Å². The highest BCUT2D eigenvalue weighted by Gasteiger charge is 2.23. The van der Waals surface area contributed by atoms with Gasteiger partial charge in [0.15, 0.2) is 11.3 Å². The first-order chi connectivity index (χ1) is 10.6. The third kappa shape index (κ3) is 2.13. The average molecular weight is 296 g/mol. The molecule has 110 valence electrons. The molecule has 0 atom stereocenters. The Hall–Kier alpha value is -3.08. The normalized spacial score (nSPS) is 10.6. The first-order valence-corrected chi connectivity index (χ1v) is 6.56. The maximum absolute atomic E-state index is 12.5. The van der Waals surface area contributed by atoms with Gasteiger partial charge in [-0.25, -0.2) is 4.79 Å². The SMILES string of the molecule is COc1ccccc1-c1oc2ccccc2c(=O)c1C(=O)O. The van der Waals surface area contributed by atoms with Crippen LogP contribution in [0.4, 0.5) is 0 Å². The minimum Gasteiger partial charge on any atom is -0.496 e. The van der Waals surface area contributed by atoms with Crippen molar-refractivity contribution < 1.29 is 19.1 Å². The molecule has 0 saturated heterocycles. The lowest BCUT2D eigenvalue weighted by molar-refractivity contribution is 0.0694. The second-order valence-electron chi connectivity index (χ2n) is 4.64. The van der Waals surface area contributed by atoms with Gasteiger partial charge in [0.25, 0.3) is 0 Å². The van der Waals surface area contributed by atoms with Crippen LogP contribution in [0.5, 0.6) is 5.75 Å². The Bertz CT molecular complexity index is 924. The summed E-state index contributed by atoms with van der Waals surface area (Å²) < 4.78 is 10.9. The smallest absolute Gasteiger partial charge is 0.343 e. The third-order valence-electron chi connectivity index (χ3n) is 3.36. The van der Waals surface area contributed by atoms with Gasteiger partial charge in [-0.3, -0.25) is 4.79 Å². The van der Waals surface area contributed by atoms with E-state index in [4.69, 9.17) is 9.15 Å². The Morgan fingerprint density at radius 1 is 1.09 bits per heavy atom. The predicted molar refractivity (Wildman–Crippen MR) is 81.4 cm³/mol. The summed E-state index contributed by atoms with van der Waals surface area (Å²) in [5.74, 6) is -0.905. The zero-order chi connectivity index (χ0) is 15.7. The van der Waals surface area contributed by atoms with E-state index in [0.717, 1.165) is 0 Å². The van der Waals surface area contributed by atoms with Gasteiger partial charge in [-0.1, -0.05) is 24.3 Å². The Morgan fingerprint density at radius 3 is 2.50 bits per heavy atom. The fraction of sp³-hybridized carbons (Fsp3) is 0.0588. The van der Waals surface area contributed by atoms with Crippen molar-refractivity contribution in [2.24, 2.45) is 0 Å². The fourth-order valence-corrected chi connectivity index (χ4v) is 2.36. The summed E-state index contributed by atoms with van der Waals surface area (Å²) in [5.41, 5.74) is -0.220. The van der Waals surface area contributed by atoms with Crippen LogP contribution in [0.2, 0.25) is 0 Å². The molecule has 0 aliphatic rings. The topological polar surface area (TPSA) is 76.7 Å². The second kappa shape index (κ2) is 5.37. The number of carbonyl (C=O) groups is 1. The molecule has 0 spiro atoms. The number of hydrogen-bond acceptors (Lipinski definition) is 4. The van der Waals surface area contributed by atoms with Crippen LogP contribution in [0.25, 0.3) is 22.3 Å². The predicted octanol–water partition coefficient (Wildman–Crippen LogP) is 3.17. The Balaban J connectivity index is 2.45. The first kappa shape index (κ1) is 13.9. The van der Waals surface area contributed by atoms with Gasteiger partial charge in [0.05, 0.1) is 18.1 Å². The molecule has 22 heavy (non-hydrogen) atoms. The van der Waals surface area contributed by atoms with Gasteiger partial charge >= 0.3 is 5.97 Å². The standard InChI is InChI=1S/C17H12O5/c1-21-12-8-4-3-7-11(12)16-14(17(19)20)15(18)10-6-2-5-9-13(10)22-16/h2-9H,1H3,(H,19,20). The summed E-state index contributed by atoms with van der Waals surface area (Å²) >= 11 is 0. The number of methoxy groups -OCH3 is 1. The molecule has 2 aromatic carbocycles. The van der Waals surface area contributed by atoms with Crippen molar-refractivity contribution in [3.8, 4) is 17.1 Å². The number of rotatable bonds is 3. The van der Waals surface area contributed by atoms with Gasteiger partial charge < -0.3 is 14.3 Å². The van der Waals surface area contributed by atoms with Gasteiger partial charge in [0.1, 0.15) is 11.3 Å². The van der Waals surface area contributed by atoms with E-state index in [1.807, 2.05) is 0 Å². The van der Waals surface area contributed by atoms with Crippen LogP contribution >= 0.6 is 0 Å². The van der Waals surface area contributed by atoms with Gasteiger partial charge in [-0.05, 0) is 24.3 Å². The minimum atomic E-state index is -1.33. The highest BCUT2D eigenvalue weighted by Crippen LogP contribution is 2.32. The lowest BCUT2D eigenvalue weighted by Crippen LogP contribution is -2.16. The molecule has 1 heterocycles. The summed E-state index contributed by atoms with van der Waals surface area (Å²) in [7, 11) is 1.47. The van der Waals surface area contributed by atoms with Crippen LogP contribution in [-0.2, 0) is 0 Å². The zero-order valence-electron chi connectivity index (χ0n) is 11.7. The lowest BCUT2D eigenvalue weighted by Gasteiger charge is -2.10. The van der Waals surface area contributed by atoms with Crippen LogP contribution in [0.3, 0.4) is 0 Å². The molecule has 0 amide bonds. The minimum absolute atomic E-state index is 0.00588. The lowest BCUT2D eigenvalue weighted by atomic mass is 10.0. The number of ether oxygens (including phenoxy) is 1. The van der Waals surface area contributed by atoms with Crippen LogP contribution < -0.4 is 10.2 Å². The Morgan fingerprint density at radius 2 is 1.77 bits per heavy atom. The summed E-state index contributed by atoms with van der Waals surface area (Å²) in [4.78, 5) is 24.0. The van der Waals surface area contributed by atoms with Crippen LogP contribution in [0, 0.1) is 0 Å². The second-order valence-corrected chi connectivity index (χ2v) is 4.64. The van der Waals surface area contributed by atoms with Gasteiger partial charge in [0.2, 0.25) is 5.43 Å². The van der Waals surface area contributed by atoms with Crippen molar-refractivity contribution in [1.29, 1.82) is 0 Å². The van der Waals surface area contributed by atoms with E-state index in [2.05, 4.69) is 0 Å². The van der Waals surface area contributed by atoms with E-state index >= 15 is 0 Å². The van der Waals surface area contributed by atoms with Gasteiger partial charge in [0, 0.05) is 0 Å². The molecule has 0 bridgehead atoms. The van der Waals surface area contributed by atoms with Crippen molar-refractivity contribution in [2.45, 2.75) is 0 Å². The number of fused-ring (bicyclic) bond motifs is 1. The maximum atomic E-state index is 12.5. The van der Waals surface area contributed by atoms with Crippen molar-refractivity contribution >= 4 is 16.9 Å². The van der Waals surface area contributed by atoms with Crippen LogP contribution in [0.15, 0.2) is 57.7 Å². The number of benzene rings is 2.